The average Bonchev–Trinajstić information content (AvgIpc) is 2.78. The van der Waals surface area contributed by atoms with Gasteiger partial charge in [-0.05, 0) is 43.3 Å². The molecule has 0 spiro atoms. The molecule has 2 unspecified atom stereocenters. The smallest absolute Gasteiger partial charge is 0.229 e. The highest BCUT2D eigenvalue weighted by Crippen LogP contribution is 2.30. The van der Waals surface area contributed by atoms with Crippen LogP contribution in [0.25, 0.3) is 0 Å². The van der Waals surface area contributed by atoms with Crippen LogP contribution in [0.5, 0.6) is 5.75 Å². The molecule has 0 amide bonds. The first-order valence-corrected chi connectivity index (χ1v) is 10.1. The molecule has 0 fully saturated rings. The first kappa shape index (κ1) is 23.3. The lowest BCUT2D eigenvalue weighted by Crippen LogP contribution is -2.16. The standard InChI is InChI=1S/C22H23ClFN5O3/c1-3-20(31)26-14-5-4-6-15(9-14)27-21-18(24)11-25-22(29-21)28-16-7-8-17(23)19(10-16)32-13(2)12-30/h3-11,13,20,26,30-31H,1,12H2,2H3,(H2,25,27,28,29). The molecule has 2 atom stereocenters. The molecule has 3 aromatic rings. The quantitative estimate of drug-likeness (QED) is 0.223. The maximum absolute atomic E-state index is 14.3. The number of ether oxygens (including phenoxy) is 1. The Kier molecular flexibility index (Phi) is 7.82. The van der Waals surface area contributed by atoms with Crippen LogP contribution in [0, 0.1) is 5.82 Å². The van der Waals surface area contributed by atoms with Gasteiger partial charge in [-0.2, -0.15) is 4.98 Å². The molecule has 0 saturated carbocycles. The summed E-state index contributed by atoms with van der Waals surface area (Å²) in [7, 11) is 0. The number of benzene rings is 2. The molecule has 8 nitrogen and oxygen atoms in total. The van der Waals surface area contributed by atoms with E-state index in [1.807, 2.05) is 0 Å². The number of nitrogens with one attached hydrogen (secondary N) is 3. The van der Waals surface area contributed by atoms with Crippen molar-refractivity contribution in [3.05, 3.63) is 72.2 Å². The predicted molar refractivity (Wildman–Crippen MR) is 123 cm³/mol. The second-order valence-corrected chi connectivity index (χ2v) is 7.21. The predicted octanol–water partition coefficient (Wildman–Crippen LogP) is 4.43. The van der Waals surface area contributed by atoms with Crippen molar-refractivity contribution in [2.45, 2.75) is 19.3 Å². The van der Waals surface area contributed by atoms with Gasteiger partial charge in [0.2, 0.25) is 5.95 Å². The first-order valence-electron chi connectivity index (χ1n) is 9.69. The first-order chi connectivity index (χ1) is 15.4. The van der Waals surface area contributed by atoms with Crippen LogP contribution in [0.1, 0.15) is 6.92 Å². The Labute approximate surface area is 189 Å². The van der Waals surface area contributed by atoms with Crippen molar-refractivity contribution in [2.75, 3.05) is 22.6 Å². The molecule has 0 aliphatic heterocycles. The number of nitrogens with zero attached hydrogens (tertiary/aromatic N) is 2. The Morgan fingerprint density at radius 3 is 2.69 bits per heavy atom. The molecular weight excluding hydrogens is 437 g/mol. The summed E-state index contributed by atoms with van der Waals surface area (Å²) in [5, 5.41) is 27.9. The summed E-state index contributed by atoms with van der Waals surface area (Å²) in [4.78, 5) is 8.16. The summed E-state index contributed by atoms with van der Waals surface area (Å²) >= 11 is 6.14. The molecule has 1 heterocycles. The number of hydrogen-bond acceptors (Lipinski definition) is 8. The van der Waals surface area contributed by atoms with Crippen LogP contribution >= 0.6 is 11.6 Å². The number of aliphatic hydroxyl groups excluding tert-OH is 2. The van der Waals surface area contributed by atoms with Crippen LogP contribution in [0.15, 0.2) is 61.3 Å². The highest BCUT2D eigenvalue weighted by molar-refractivity contribution is 6.32. The molecule has 3 rings (SSSR count). The maximum Gasteiger partial charge on any atom is 0.229 e. The van der Waals surface area contributed by atoms with Crippen molar-refractivity contribution in [1.29, 1.82) is 0 Å². The van der Waals surface area contributed by atoms with E-state index in [4.69, 9.17) is 16.3 Å². The fraction of sp³-hybridized carbons (Fsp3) is 0.182. The van der Waals surface area contributed by atoms with E-state index < -0.39 is 18.1 Å². The maximum atomic E-state index is 14.3. The van der Waals surface area contributed by atoms with Gasteiger partial charge in [0.15, 0.2) is 11.6 Å². The van der Waals surface area contributed by atoms with Gasteiger partial charge < -0.3 is 30.9 Å². The number of halogens is 2. The van der Waals surface area contributed by atoms with Crippen LogP contribution in [0.3, 0.4) is 0 Å². The van der Waals surface area contributed by atoms with E-state index in [1.165, 1.54) is 6.08 Å². The van der Waals surface area contributed by atoms with Gasteiger partial charge in [-0.15, -0.1) is 0 Å². The lowest BCUT2D eigenvalue weighted by molar-refractivity contribution is 0.130. The third-order valence-corrected chi connectivity index (χ3v) is 4.49. The molecule has 0 radical (unpaired) electrons. The Balaban J connectivity index is 1.77. The normalized spacial score (nSPS) is 12.5. The van der Waals surface area contributed by atoms with Crippen molar-refractivity contribution >= 4 is 40.4 Å². The van der Waals surface area contributed by atoms with Crippen molar-refractivity contribution < 1.29 is 19.3 Å². The largest absolute Gasteiger partial charge is 0.487 e. The number of hydrogen-bond donors (Lipinski definition) is 5. The van der Waals surface area contributed by atoms with Gasteiger partial charge >= 0.3 is 0 Å². The Morgan fingerprint density at radius 1 is 1.19 bits per heavy atom. The van der Waals surface area contributed by atoms with E-state index in [1.54, 1.807) is 49.4 Å². The van der Waals surface area contributed by atoms with E-state index >= 15 is 0 Å². The fourth-order valence-corrected chi connectivity index (χ4v) is 2.78. The van der Waals surface area contributed by atoms with Crippen LogP contribution in [-0.4, -0.2) is 39.1 Å². The lowest BCUT2D eigenvalue weighted by Gasteiger charge is -2.15. The monoisotopic (exact) mass is 459 g/mol. The van der Waals surface area contributed by atoms with Gasteiger partial charge in [0.1, 0.15) is 18.1 Å². The number of rotatable bonds is 10. The fourth-order valence-electron chi connectivity index (χ4n) is 2.62. The molecule has 2 aromatic carbocycles. The van der Waals surface area contributed by atoms with Gasteiger partial charge in [-0.3, -0.25) is 0 Å². The summed E-state index contributed by atoms with van der Waals surface area (Å²) in [6.45, 7) is 5.05. The zero-order valence-corrected chi connectivity index (χ0v) is 18.0. The molecule has 0 aliphatic carbocycles. The Morgan fingerprint density at radius 2 is 1.94 bits per heavy atom. The van der Waals surface area contributed by atoms with Crippen LogP contribution < -0.4 is 20.7 Å². The SMILES string of the molecule is C=CC(O)Nc1cccc(Nc2nc(Nc3ccc(Cl)c(OC(C)CO)c3)ncc2F)c1. The number of aromatic nitrogens is 2. The van der Waals surface area contributed by atoms with Crippen molar-refractivity contribution in [3.8, 4) is 5.75 Å². The average molecular weight is 460 g/mol. The van der Waals surface area contributed by atoms with E-state index in [9.17, 15) is 14.6 Å². The zero-order valence-electron chi connectivity index (χ0n) is 17.2. The van der Waals surface area contributed by atoms with Gasteiger partial charge in [0.05, 0.1) is 17.8 Å². The summed E-state index contributed by atoms with van der Waals surface area (Å²) < 4.78 is 19.9. The minimum absolute atomic E-state index is 0.0386. The molecular formula is C22H23ClFN5O3. The highest BCUT2D eigenvalue weighted by Gasteiger charge is 2.11. The van der Waals surface area contributed by atoms with Gasteiger partial charge in [0.25, 0.3) is 0 Å². The van der Waals surface area contributed by atoms with Crippen molar-refractivity contribution in [2.24, 2.45) is 0 Å². The van der Waals surface area contributed by atoms with E-state index in [0.717, 1.165) is 6.20 Å². The molecule has 0 aliphatic rings. The molecule has 168 valence electrons. The van der Waals surface area contributed by atoms with Gasteiger partial charge in [-0.1, -0.05) is 24.2 Å². The zero-order chi connectivity index (χ0) is 23.1. The van der Waals surface area contributed by atoms with E-state index in [-0.39, 0.29) is 18.4 Å². The molecule has 10 heteroatoms. The van der Waals surface area contributed by atoms with Gasteiger partial charge in [-0.25, -0.2) is 9.37 Å². The summed E-state index contributed by atoms with van der Waals surface area (Å²) in [5.41, 5.74) is 1.73. The molecule has 32 heavy (non-hydrogen) atoms. The van der Waals surface area contributed by atoms with E-state index in [0.29, 0.717) is 27.8 Å². The summed E-state index contributed by atoms with van der Waals surface area (Å²) in [6.07, 6.45) is 1.05. The van der Waals surface area contributed by atoms with Gasteiger partial charge in [0, 0.05) is 23.1 Å². The molecule has 5 N–H and O–H groups in total. The summed E-state index contributed by atoms with van der Waals surface area (Å²) in [5.74, 6) is -0.154. The summed E-state index contributed by atoms with van der Waals surface area (Å²) in [6, 6.07) is 11.9. The highest BCUT2D eigenvalue weighted by atomic mass is 35.5. The minimum atomic E-state index is -0.912. The Hall–Kier alpha value is -3.40. The second-order valence-electron chi connectivity index (χ2n) is 6.80. The third-order valence-electron chi connectivity index (χ3n) is 4.18. The van der Waals surface area contributed by atoms with Crippen molar-refractivity contribution in [1.82, 2.24) is 9.97 Å². The number of anilines is 5. The lowest BCUT2D eigenvalue weighted by atomic mass is 10.2. The van der Waals surface area contributed by atoms with E-state index in [2.05, 4.69) is 32.5 Å². The third kappa shape index (κ3) is 6.30. The van der Waals surface area contributed by atoms with Crippen LogP contribution in [-0.2, 0) is 0 Å². The molecule has 0 bridgehead atoms. The Bertz CT molecular complexity index is 1090. The molecule has 1 aromatic heterocycles. The van der Waals surface area contributed by atoms with Crippen LogP contribution in [0.4, 0.5) is 33.2 Å². The topological polar surface area (TPSA) is 112 Å². The minimum Gasteiger partial charge on any atom is -0.487 e. The van der Waals surface area contributed by atoms with Crippen molar-refractivity contribution in [3.63, 3.8) is 0 Å². The number of aliphatic hydroxyl groups is 2. The second kappa shape index (κ2) is 10.8. The van der Waals surface area contributed by atoms with Crippen LogP contribution in [0.2, 0.25) is 5.02 Å². The molecule has 0 saturated heterocycles.